The van der Waals surface area contributed by atoms with Crippen molar-refractivity contribution in [3.63, 3.8) is 0 Å². The topological polar surface area (TPSA) is 29.1 Å². The molecule has 44 valence electrons. The van der Waals surface area contributed by atoms with Crippen molar-refractivity contribution in [3.05, 3.63) is 0 Å². The molecule has 1 saturated heterocycles. The van der Waals surface area contributed by atoms with Gasteiger partial charge < -0.3 is 5.32 Å². The molecule has 1 amide bonds. The van der Waals surface area contributed by atoms with Gasteiger partial charge in [-0.1, -0.05) is 0 Å². The van der Waals surface area contributed by atoms with Crippen molar-refractivity contribution in [3.8, 4) is 0 Å². The fourth-order valence-electron chi connectivity index (χ4n) is 1.52. The molecule has 2 fully saturated rings. The average Bonchev–Trinajstić information content (AvgIpc) is 1.80. The summed E-state index contributed by atoms with van der Waals surface area (Å²) in [5, 5.41) is 2.84. The van der Waals surface area contributed by atoms with E-state index in [1.807, 2.05) is 0 Å². The molecule has 0 spiro atoms. The first-order chi connectivity index (χ1) is 3.88. The Bertz CT molecular complexity index is 132. The van der Waals surface area contributed by atoms with Gasteiger partial charge in [0, 0.05) is 12.5 Å². The fourth-order valence-corrected chi connectivity index (χ4v) is 1.52. The molecule has 1 heterocycles. The Labute approximate surface area is 48.3 Å². The Kier molecular flexibility index (Phi) is 0.678. The second-order valence-electron chi connectivity index (χ2n) is 2.69. The zero-order chi connectivity index (χ0) is 5.56. The average molecular weight is 111 g/mol. The number of carbonyl (C=O) groups is 1. The molecule has 0 aromatic carbocycles. The van der Waals surface area contributed by atoms with Gasteiger partial charge in [0.05, 0.1) is 0 Å². The van der Waals surface area contributed by atoms with Gasteiger partial charge in [-0.15, -0.1) is 0 Å². The molecule has 1 N–H and O–H groups in total. The summed E-state index contributed by atoms with van der Waals surface area (Å²) in [4.78, 5) is 10.7. The lowest BCUT2D eigenvalue weighted by Gasteiger charge is -2.25. The van der Waals surface area contributed by atoms with E-state index in [0.717, 1.165) is 13.0 Å². The van der Waals surface area contributed by atoms with Gasteiger partial charge in [0.15, 0.2) is 0 Å². The maximum Gasteiger partial charge on any atom is 0.223 e. The molecule has 0 aromatic rings. The predicted octanol–water partition coefficient (Wildman–Crippen LogP) is 0.142. The first-order valence-corrected chi connectivity index (χ1v) is 3.15. The minimum absolute atomic E-state index is 0.293. The number of nitrogens with one attached hydrogen (secondary N) is 1. The molecule has 1 saturated carbocycles. The van der Waals surface area contributed by atoms with Crippen molar-refractivity contribution in [1.82, 2.24) is 5.32 Å². The molecule has 8 heavy (non-hydrogen) atoms. The number of rotatable bonds is 0. The summed E-state index contributed by atoms with van der Waals surface area (Å²) < 4.78 is 0. The lowest BCUT2D eigenvalue weighted by molar-refractivity contribution is -0.124. The highest BCUT2D eigenvalue weighted by molar-refractivity contribution is 5.82. The third-order valence-electron chi connectivity index (χ3n) is 2.29. The van der Waals surface area contributed by atoms with Gasteiger partial charge in [-0.25, -0.2) is 0 Å². The number of amides is 1. The monoisotopic (exact) mass is 111 g/mol. The van der Waals surface area contributed by atoms with E-state index in [1.165, 1.54) is 6.42 Å². The molecular weight excluding hydrogens is 102 g/mol. The fraction of sp³-hybridized carbons (Fsp3) is 0.833. The van der Waals surface area contributed by atoms with Crippen LogP contribution in [0.4, 0.5) is 0 Å². The normalized spacial score (nSPS) is 42.8. The van der Waals surface area contributed by atoms with E-state index in [-0.39, 0.29) is 0 Å². The molecule has 2 heteroatoms. The minimum Gasteiger partial charge on any atom is -0.356 e. The van der Waals surface area contributed by atoms with Crippen LogP contribution in [0.5, 0.6) is 0 Å². The van der Waals surface area contributed by atoms with Crippen LogP contribution in [0.2, 0.25) is 0 Å². The van der Waals surface area contributed by atoms with Crippen molar-refractivity contribution < 1.29 is 4.79 Å². The van der Waals surface area contributed by atoms with Crippen molar-refractivity contribution in [2.24, 2.45) is 11.8 Å². The smallest absolute Gasteiger partial charge is 0.223 e. The van der Waals surface area contributed by atoms with Crippen LogP contribution in [0.15, 0.2) is 0 Å². The first-order valence-electron chi connectivity index (χ1n) is 3.15. The number of hydrogen-bond donors (Lipinski definition) is 1. The van der Waals surface area contributed by atoms with Gasteiger partial charge in [0.2, 0.25) is 5.91 Å². The van der Waals surface area contributed by atoms with Crippen molar-refractivity contribution in [2.75, 3.05) is 6.54 Å². The molecule has 2 atom stereocenters. The molecule has 0 aromatic heterocycles. The van der Waals surface area contributed by atoms with E-state index in [1.54, 1.807) is 0 Å². The van der Waals surface area contributed by atoms with Gasteiger partial charge in [-0.2, -0.15) is 0 Å². The summed E-state index contributed by atoms with van der Waals surface area (Å²) in [7, 11) is 0. The van der Waals surface area contributed by atoms with Crippen molar-refractivity contribution >= 4 is 5.91 Å². The summed E-state index contributed by atoms with van der Waals surface area (Å²) in [6, 6.07) is 0. The van der Waals surface area contributed by atoms with Gasteiger partial charge in [0.25, 0.3) is 0 Å². The van der Waals surface area contributed by atoms with Crippen LogP contribution in [0.25, 0.3) is 0 Å². The summed E-state index contributed by atoms with van der Waals surface area (Å²) >= 11 is 0. The largest absolute Gasteiger partial charge is 0.356 e. The van der Waals surface area contributed by atoms with Crippen LogP contribution in [-0.2, 0) is 4.79 Å². The van der Waals surface area contributed by atoms with Crippen LogP contribution < -0.4 is 5.32 Å². The highest BCUT2D eigenvalue weighted by Crippen LogP contribution is 2.37. The highest BCUT2D eigenvalue weighted by Gasteiger charge is 2.41. The maximum atomic E-state index is 10.7. The van der Waals surface area contributed by atoms with Crippen LogP contribution in [0.1, 0.15) is 12.8 Å². The summed E-state index contributed by atoms with van der Waals surface area (Å²) in [6.07, 6.45) is 2.40. The molecule has 1 aliphatic carbocycles. The summed E-state index contributed by atoms with van der Waals surface area (Å²) in [5.41, 5.74) is 0. The van der Waals surface area contributed by atoms with Gasteiger partial charge in [-0.3, -0.25) is 4.79 Å². The van der Waals surface area contributed by atoms with E-state index >= 15 is 0 Å². The highest BCUT2D eigenvalue weighted by atomic mass is 16.2. The third kappa shape index (κ3) is 0.358. The Balaban J connectivity index is 2.15. The predicted molar refractivity (Wildman–Crippen MR) is 29.2 cm³/mol. The Morgan fingerprint density at radius 3 is 2.62 bits per heavy atom. The SMILES string of the molecule is O=C1NC[C@H]2CC[C@@H]12. The van der Waals surface area contributed by atoms with E-state index in [0.29, 0.717) is 17.7 Å². The molecule has 0 radical (unpaired) electrons. The minimum atomic E-state index is 0.293. The zero-order valence-electron chi connectivity index (χ0n) is 4.68. The van der Waals surface area contributed by atoms with Gasteiger partial charge >= 0.3 is 0 Å². The molecule has 2 nitrogen and oxygen atoms in total. The van der Waals surface area contributed by atoms with E-state index in [4.69, 9.17) is 0 Å². The van der Waals surface area contributed by atoms with Gasteiger partial charge in [-0.05, 0) is 18.8 Å². The zero-order valence-corrected chi connectivity index (χ0v) is 4.68. The van der Waals surface area contributed by atoms with E-state index in [2.05, 4.69) is 5.32 Å². The lowest BCUT2D eigenvalue weighted by Crippen LogP contribution is -2.26. The molecule has 0 bridgehead atoms. The Morgan fingerprint density at radius 1 is 1.50 bits per heavy atom. The summed E-state index contributed by atoms with van der Waals surface area (Å²) in [6.45, 7) is 0.948. The molecule has 1 aliphatic heterocycles. The third-order valence-corrected chi connectivity index (χ3v) is 2.29. The van der Waals surface area contributed by atoms with Crippen LogP contribution in [0, 0.1) is 11.8 Å². The number of fused-ring (bicyclic) bond motifs is 1. The van der Waals surface area contributed by atoms with Gasteiger partial charge in [0.1, 0.15) is 0 Å². The number of carbonyl (C=O) groups excluding carboxylic acids is 1. The van der Waals surface area contributed by atoms with Crippen LogP contribution in [-0.4, -0.2) is 12.5 Å². The number of hydrogen-bond acceptors (Lipinski definition) is 1. The quantitative estimate of drug-likeness (QED) is 0.473. The Hall–Kier alpha value is -0.530. The standard InChI is InChI=1S/C6H9NO/c8-6-5-2-1-4(5)3-7-6/h4-5H,1-3H2,(H,7,8)/t4-,5-/m1/s1. The molecular formula is C6H9NO. The molecule has 2 rings (SSSR count). The molecule has 0 unspecified atom stereocenters. The second-order valence-corrected chi connectivity index (χ2v) is 2.69. The molecule has 2 aliphatic rings. The maximum absolute atomic E-state index is 10.7. The van der Waals surface area contributed by atoms with Crippen molar-refractivity contribution in [1.29, 1.82) is 0 Å². The second kappa shape index (κ2) is 1.24. The van der Waals surface area contributed by atoms with Crippen LogP contribution >= 0.6 is 0 Å². The van der Waals surface area contributed by atoms with Crippen LogP contribution in [0.3, 0.4) is 0 Å². The van der Waals surface area contributed by atoms with Crippen molar-refractivity contribution in [2.45, 2.75) is 12.8 Å². The van der Waals surface area contributed by atoms with E-state index < -0.39 is 0 Å². The van der Waals surface area contributed by atoms with E-state index in [9.17, 15) is 4.79 Å². The Morgan fingerprint density at radius 2 is 2.38 bits per heavy atom. The lowest BCUT2D eigenvalue weighted by atomic mass is 9.76. The summed E-state index contributed by atoms with van der Waals surface area (Å²) in [5.74, 6) is 1.42. The first kappa shape index (κ1) is 4.36.